The van der Waals surface area contributed by atoms with Crippen LogP contribution in [0.15, 0.2) is 30.3 Å². The lowest BCUT2D eigenvalue weighted by Crippen LogP contribution is -2.46. The second-order valence-corrected chi connectivity index (χ2v) is 6.75. The Morgan fingerprint density at radius 3 is 2.65 bits per heavy atom. The molecule has 1 heterocycles. The lowest BCUT2D eigenvalue weighted by atomic mass is 9.92. The van der Waals surface area contributed by atoms with Crippen LogP contribution in [0, 0.1) is 5.41 Å². The van der Waals surface area contributed by atoms with E-state index in [2.05, 4.69) is 0 Å². The van der Waals surface area contributed by atoms with Crippen molar-refractivity contribution in [2.24, 2.45) is 5.41 Å². The van der Waals surface area contributed by atoms with Crippen molar-refractivity contribution < 1.29 is 19.4 Å². The summed E-state index contributed by atoms with van der Waals surface area (Å²) >= 11 is 0. The maximum absolute atomic E-state index is 12.8. The molecule has 0 aliphatic carbocycles. The van der Waals surface area contributed by atoms with Crippen molar-refractivity contribution in [1.82, 2.24) is 4.90 Å². The molecule has 23 heavy (non-hydrogen) atoms. The predicted octanol–water partition coefficient (Wildman–Crippen LogP) is 2.70. The minimum Gasteiger partial charge on any atom is -0.481 e. The van der Waals surface area contributed by atoms with Crippen LogP contribution in [0.3, 0.4) is 0 Å². The summed E-state index contributed by atoms with van der Waals surface area (Å²) in [6, 6.07) is 9.64. The van der Waals surface area contributed by atoms with Gasteiger partial charge in [-0.2, -0.15) is 0 Å². The van der Waals surface area contributed by atoms with Crippen molar-refractivity contribution >= 4 is 11.9 Å². The Morgan fingerprint density at radius 2 is 2.00 bits per heavy atom. The number of carbonyl (C=O) groups excluding carboxylic acids is 1. The Hall–Kier alpha value is -1.88. The molecule has 2 rings (SSSR count). The molecule has 5 heteroatoms. The number of likely N-dealkylation sites (tertiary alicyclic amines) is 1. The average Bonchev–Trinajstić information content (AvgIpc) is 2.94. The summed E-state index contributed by atoms with van der Waals surface area (Å²) < 4.78 is 5.72. The van der Waals surface area contributed by atoms with E-state index < -0.39 is 11.4 Å². The van der Waals surface area contributed by atoms with Gasteiger partial charge in [-0.25, -0.2) is 0 Å². The third-order valence-corrected chi connectivity index (χ3v) is 4.20. The van der Waals surface area contributed by atoms with E-state index >= 15 is 0 Å². The lowest BCUT2D eigenvalue weighted by Gasteiger charge is -2.32. The van der Waals surface area contributed by atoms with Gasteiger partial charge in [0.2, 0.25) is 5.91 Å². The molecule has 0 aromatic heterocycles. The van der Waals surface area contributed by atoms with Gasteiger partial charge in [0, 0.05) is 12.6 Å². The van der Waals surface area contributed by atoms with Crippen LogP contribution in [-0.2, 0) is 20.9 Å². The molecular formula is C18H25NO4. The molecule has 1 atom stereocenters. The van der Waals surface area contributed by atoms with E-state index in [-0.39, 0.29) is 18.4 Å². The van der Waals surface area contributed by atoms with Gasteiger partial charge in [-0.05, 0) is 32.3 Å². The largest absolute Gasteiger partial charge is 0.481 e. The first kappa shape index (κ1) is 17.5. The quantitative estimate of drug-likeness (QED) is 0.839. The molecule has 1 fully saturated rings. The molecule has 1 aromatic carbocycles. The molecular weight excluding hydrogens is 294 g/mol. The number of aliphatic carboxylic acids is 1. The van der Waals surface area contributed by atoms with E-state index in [1.807, 2.05) is 44.2 Å². The molecule has 0 spiro atoms. The SMILES string of the molecule is CC(C)(COCc1ccccc1)C(=O)N1CCCC1CC(=O)O. The van der Waals surface area contributed by atoms with Crippen LogP contribution in [0.2, 0.25) is 0 Å². The van der Waals surface area contributed by atoms with Gasteiger partial charge < -0.3 is 14.7 Å². The maximum Gasteiger partial charge on any atom is 0.305 e. The molecule has 1 aliphatic rings. The fraction of sp³-hybridized carbons (Fsp3) is 0.556. The highest BCUT2D eigenvalue weighted by Gasteiger charge is 2.38. The third-order valence-electron chi connectivity index (χ3n) is 4.20. The van der Waals surface area contributed by atoms with Crippen LogP contribution in [-0.4, -0.2) is 41.1 Å². The highest BCUT2D eigenvalue weighted by atomic mass is 16.5. The van der Waals surface area contributed by atoms with Crippen molar-refractivity contribution in [3.05, 3.63) is 35.9 Å². The van der Waals surface area contributed by atoms with E-state index in [1.54, 1.807) is 4.90 Å². The summed E-state index contributed by atoms with van der Waals surface area (Å²) in [6.45, 7) is 5.14. The highest BCUT2D eigenvalue weighted by molar-refractivity contribution is 5.83. The van der Waals surface area contributed by atoms with E-state index in [4.69, 9.17) is 9.84 Å². The number of rotatable bonds is 7. The second kappa shape index (κ2) is 7.59. The number of benzene rings is 1. The van der Waals surface area contributed by atoms with Gasteiger partial charge in [-0.1, -0.05) is 30.3 Å². The normalized spacial score (nSPS) is 18.2. The summed E-state index contributed by atoms with van der Waals surface area (Å²) in [7, 11) is 0. The average molecular weight is 319 g/mol. The Labute approximate surface area is 137 Å². The van der Waals surface area contributed by atoms with E-state index in [1.165, 1.54) is 0 Å². The Kier molecular flexibility index (Phi) is 5.77. The Morgan fingerprint density at radius 1 is 1.30 bits per heavy atom. The first-order chi connectivity index (χ1) is 10.9. The Balaban J connectivity index is 1.90. The van der Waals surface area contributed by atoms with Crippen LogP contribution >= 0.6 is 0 Å². The molecule has 1 unspecified atom stereocenters. The second-order valence-electron chi connectivity index (χ2n) is 6.75. The molecule has 1 amide bonds. The fourth-order valence-electron chi connectivity index (χ4n) is 2.97. The predicted molar refractivity (Wildman–Crippen MR) is 86.9 cm³/mol. The van der Waals surface area contributed by atoms with Gasteiger partial charge in [-0.3, -0.25) is 9.59 Å². The topological polar surface area (TPSA) is 66.8 Å². The number of hydrogen-bond donors (Lipinski definition) is 1. The van der Waals surface area contributed by atoms with Crippen molar-refractivity contribution in [2.45, 2.75) is 45.8 Å². The smallest absolute Gasteiger partial charge is 0.305 e. The van der Waals surface area contributed by atoms with Crippen molar-refractivity contribution in [3.8, 4) is 0 Å². The number of carboxylic acids is 1. The van der Waals surface area contributed by atoms with Gasteiger partial charge in [0.05, 0.1) is 25.0 Å². The van der Waals surface area contributed by atoms with E-state index in [0.717, 1.165) is 18.4 Å². The fourth-order valence-corrected chi connectivity index (χ4v) is 2.97. The monoisotopic (exact) mass is 319 g/mol. The summed E-state index contributed by atoms with van der Waals surface area (Å²) in [5, 5.41) is 8.98. The minimum absolute atomic E-state index is 0.0192. The van der Waals surface area contributed by atoms with Crippen LogP contribution in [0.4, 0.5) is 0 Å². The van der Waals surface area contributed by atoms with Crippen molar-refractivity contribution in [2.75, 3.05) is 13.2 Å². The molecule has 0 bridgehead atoms. The molecule has 1 aromatic rings. The van der Waals surface area contributed by atoms with E-state index in [9.17, 15) is 9.59 Å². The summed E-state index contributed by atoms with van der Waals surface area (Å²) in [6.07, 6.45) is 1.65. The Bertz CT molecular complexity index is 541. The summed E-state index contributed by atoms with van der Waals surface area (Å²) in [4.78, 5) is 25.4. The van der Waals surface area contributed by atoms with Crippen LogP contribution in [0.25, 0.3) is 0 Å². The van der Waals surface area contributed by atoms with Gasteiger partial charge in [0.25, 0.3) is 0 Å². The molecule has 0 saturated carbocycles. The zero-order valence-corrected chi connectivity index (χ0v) is 13.8. The van der Waals surface area contributed by atoms with Crippen LogP contribution in [0.1, 0.15) is 38.7 Å². The van der Waals surface area contributed by atoms with Gasteiger partial charge in [-0.15, -0.1) is 0 Å². The van der Waals surface area contributed by atoms with Gasteiger partial charge in [0.1, 0.15) is 0 Å². The van der Waals surface area contributed by atoms with Crippen molar-refractivity contribution in [1.29, 1.82) is 0 Å². The molecule has 1 saturated heterocycles. The highest BCUT2D eigenvalue weighted by Crippen LogP contribution is 2.28. The molecule has 1 N–H and O–H groups in total. The number of nitrogens with zero attached hydrogens (tertiary/aromatic N) is 1. The maximum atomic E-state index is 12.8. The molecule has 0 radical (unpaired) electrons. The summed E-state index contributed by atoms with van der Waals surface area (Å²) in [5.41, 5.74) is 0.413. The zero-order chi connectivity index (χ0) is 16.9. The summed E-state index contributed by atoms with van der Waals surface area (Å²) in [5.74, 6) is -0.873. The standard InChI is InChI=1S/C18H25NO4/c1-18(2,13-23-12-14-7-4-3-5-8-14)17(22)19-10-6-9-15(19)11-16(20)21/h3-5,7-8,15H,6,9-13H2,1-2H3,(H,20,21). The number of amides is 1. The van der Waals surface area contributed by atoms with Gasteiger partial charge >= 0.3 is 5.97 Å². The first-order valence-corrected chi connectivity index (χ1v) is 8.05. The minimum atomic E-state index is -0.854. The zero-order valence-electron chi connectivity index (χ0n) is 13.8. The number of ether oxygens (including phenoxy) is 1. The molecule has 5 nitrogen and oxygen atoms in total. The van der Waals surface area contributed by atoms with Gasteiger partial charge in [0.15, 0.2) is 0 Å². The van der Waals surface area contributed by atoms with Crippen LogP contribution < -0.4 is 0 Å². The number of carboxylic acid groups (broad SMARTS) is 1. The van der Waals surface area contributed by atoms with E-state index in [0.29, 0.717) is 19.8 Å². The molecule has 1 aliphatic heterocycles. The van der Waals surface area contributed by atoms with Crippen molar-refractivity contribution in [3.63, 3.8) is 0 Å². The third kappa shape index (κ3) is 4.79. The molecule has 126 valence electrons. The first-order valence-electron chi connectivity index (χ1n) is 8.05. The number of hydrogen-bond acceptors (Lipinski definition) is 3. The number of carbonyl (C=O) groups is 2. The lowest BCUT2D eigenvalue weighted by molar-refractivity contribution is -0.146. The van der Waals surface area contributed by atoms with Crippen LogP contribution in [0.5, 0.6) is 0 Å².